The molecule has 1 saturated heterocycles. The number of benzene rings is 1. The van der Waals surface area contributed by atoms with Gasteiger partial charge in [-0.25, -0.2) is 0 Å². The maximum atomic E-state index is 12.5. The van der Waals surface area contributed by atoms with Crippen LogP contribution in [0.15, 0.2) is 18.2 Å². The van der Waals surface area contributed by atoms with Crippen molar-refractivity contribution in [2.45, 2.75) is 13.8 Å². The number of aryl methyl sites for hydroxylation is 1. The minimum absolute atomic E-state index is 0.0765. The molecule has 104 valence electrons. The van der Waals surface area contributed by atoms with E-state index in [1.807, 2.05) is 30.0 Å². The number of piperazine rings is 1. The predicted octanol–water partition coefficient (Wildman–Crippen LogP) is 1.78. The molecule has 2 rings (SSSR count). The smallest absolute Gasteiger partial charge is 0.257 e. The second kappa shape index (κ2) is 6.06. The number of carbonyl (C=O) groups is 1. The topological polar surface area (TPSA) is 32.8 Å². The number of methoxy groups -OCH3 is 1. The average Bonchev–Trinajstić information content (AvgIpc) is 2.46. The van der Waals surface area contributed by atoms with Gasteiger partial charge in [0.15, 0.2) is 0 Å². The highest BCUT2D eigenvalue weighted by Gasteiger charge is 2.23. The molecule has 0 aliphatic carbocycles. The Hall–Kier alpha value is -1.55. The summed E-state index contributed by atoms with van der Waals surface area (Å²) in [6.07, 6.45) is 0. The molecular formula is C15H22N2O2. The van der Waals surface area contributed by atoms with Crippen molar-refractivity contribution in [2.75, 3.05) is 39.8 Å². The Kier molecular flexibility index (Phi) is 4.43. The number of amides is 1. The largest absolute Gasteiger partial charge is 0.496 e. The molecule has 0 bridgehead atoms. The minimum Gasteiger partial charge on any atom is -0.496 e. The van der Waals surface area contributed by atoms with Crippen LogP contribution in [0.2, 0.25) is 0 Å². The Labute approximate surface area is 115 Å². The van der Waals surface area contributed by atoms with E-state index in [1.54, 1.807) is 7.11 Å². The van der Waals surface area contributed by atoms with E-state index in [0.29, 0.717) is 11.3 Å². The summed E-state index contributed by atoms with van der Waals surface area (Å²) in [5.41, 5.74) is 1.77. The molecule has 1 aliphatic rings. The van der Waals surface area contributed by atoms with Crippen molar-refractivity contribution >= 4 is 5.91 Å². The van der Waals surface area contributed by atoms with Crippen LogP contribution in [-0.4, -0.2) is 55.5 Å². The third-order valence-electron chi connectivity index (χ3n) is 3.69. The van der Waals surface area contributed by atoms with Crippen molar-refractivity contribution in [1.82, 2.24) is 9.80 Å². The number of ether oxygens (including phenoxy) is 1. The Morgan fingerprint density at radius 2 is 1.95 bits per heavy atom. The minimum atomic E-state index is 0.0765. The lowest BCUT2D eigenvalue weighted by Crippen LogP contribution is -2.48. The Balaban J connectivity index is 2.12. The van der Waals surface area contributed by atoms with Crippen molar-refractivity contribution in [3.8, 4) is 5.75 Å². The van der Waals surface area contributed by atoms with Crippen molar-refractivity contribution in [3.63, 3.8) is 0 Å². The second-order valence-electron chi connectivity index (χ2n) is 4.93. The van der Waals surface area contributed by atoms with E-state index in [2.05, 4.69) is 11.8 Å². The number of nitrogens with zero attached hydrogens (tertiary/aromatic N) is 2. The molecule has 1 heterocycles. The molecule has 1 aromatic rings. The molecule has 0 aromatic heterocycles. The quantitative estimate of drug-likeness (QED) is 0.832. The predicted molar refractivity (Wildman–Crippen MR) is 75.7 cm³/mol. The van der Waals surface area contributed by atoms with Crippen LogP contribution in [0.25, 0.3) is 0 Å². The summed E-state index contributed by atoms with van der Waals surface area (Å²) in [5, 5.41) is 0. The van der Waals surface area contributed by atoms with Crippen molar-refractivity contribution < 1.29 is 9.53 Å². The monoisotopic (exact) mass is 262 g/mol. The van der Waals surface area contributed by atoms with Gasteiger partial charge in [-0.1, -0.05) is 13.0 Å². The van der Waals surface area contributed by atoms with Gasteiger partial charge >= 0.3 is 0 Å². The lowest BCUT2D eigenvalue weighted by atomic mass is 10.1. The van der Waals surface area contributed by atoms with Crippen LogP contribution in [0.5, 0.6) is 5.75 Å². The third kappa shape index (κ3) is 3.07. The van der Waals surface area contributed by atoms with Crippen LogP contribution in [0.3, 0.4) is 0 Å². The number of hydrogen-bond donors (Lipinski definition) is 0. The zero-order valence-electron chi connectivity index (χ0n) is 12.0. The van der Waals surface area contributed by atoms with Crippen LogP contribution >= 0.6 is 0 Å². The Morgan fingerprint density at radius 1 is 1.26 bits per heavy atom. The van der Waals surface area contributed by atoms with Gasteiger partial charge in [-0.05, 0) is 31.2 Å². The van der Waals surface area contributed by atoms with E-state index in [-0.39, 0.29) is 5.91 Å². The maximum absolute atomic E-state index is 12.5. The Bertz CT molecular complexity index is 451. The van der Waals surface area contributed by atoms with E-state index < -0.39 is 0 Å². The summed E-state index contributed by atoms with van der Waals surface area (Å²) in [4.78, 5) is 16.8. The first kappa shape index (κ1) is 13.9. The highest BCUT2D eigenvalue weighted by Crippen LogP contribution is 2.22. The average molecular weight is 262 g/mol. The van der Waals surface area contributed by atoms with Gasteiger partial charge in [0, 0.05) is 26.2 Å². The number of rotatable bonds is 3. The van der Waals surface area contributed by atoms with Crippen LogP contribution in [0.4, 0.5) is 0 Å². The molecule has 4 nitrogen and oxygen atoms in total. The van der Waals surface area contributed by atoms with E-state index in [1.165, 1.54) is 0 Å². The van der Waals surface area contributed by atoms with Crippen LogP contribution in [0, 0.1) is 6.92 Å². The number of likely N-dealkylation sites (N-methyl/N-ethyl adjacent to an activating group) is 1. The zero-order chi connectivity index (χ0) is 13.8. The first-order chi connectivity index (χ1) is 9.15. The molecule has 0 saturated carbocycles. The first-order valence-electron chi connectivity index (χ1n) is 6.82. The fraction of sp³-hybridized carbons (Fsp3) is 0.533. The fourth-order valence-electron chi connectivity index (χ4n) is 2.41. The molecule has 0 atom stereocenters. The lowest BCUT2D eigenvalue weighted by Gasteiger charge is -2.34. The molecule has 1 aromatic carbocycles. The second-order valence-corrected chi connectivity index (χ2v) is 4.93. The fourth-order valence-corrected chi connectivity index (χ4v) is 2.41. The van der Waals surface area contributed by atoms with Gasteiger partial charge in [-0.15, -0.1) is 0 Å². The highest BCUT2D eigenvalue weighted by atomic mass is 16.5. The molecule has 4 heteroatoms. The summed E-state index contributed by atoms with van der Waals surface area (Å²) < 4.78 is 5.32. The molecule has 1 amide bonds. The van der Waals surface area contributed by atoms with Crippen molar-refractivity contribution in [2.24, 2.45) is 0 Å². The van der Waals surface area contributed by atoms with Gasteiger partial charge in [0.25, 0.3) is 5.91 Å². The molecular weight excluding hydrogens is 240 g/mol. The van der Waals surface area contributed by atoms with Crippen molar-refractivity contribution in [1.29, 1.82) is 0 Å². The molecule has 1 aliphatic heterocycles. The van der Waals surface area contributed by atoms with E-state index >= 15 is 0 Å². The normalized spacial score (nSPS) is 16.5. The SMILES string of the molecule is CCN1CCN(C(=O)c2ccc(C)cc2OC)CC1. The highest BCUT2D eigenvalue weighted by molar-refractivity contribution is 5.97. The summed E-state index contributed by atoms with van der Waals surface area (Å²) in [6, 6.07) is 5.73. The van der Waals surface area contributed by atoms with Gasteiger partial charge in [0.1, 0.15) is 5.75 Å². The molecule has 0 unspecified atom stereocenters. The van der Waals surface area contributed by atoms with E-state index in [4.69, 9.17) is 4.74 Å². The molecule has 0 N–H and O–H groups in total. The van der Waals surface area contributed by atoms with E-state index in [0.717, 1.165) is 38.3 Å². The number of carbonyl (C=O) groups excluding carboxylic acids is 1. The molecule has 19 heavy (non-hydrogen) atoms. The molecule has 0 radical (unpaired) electrons. The number of hydrogen-bond acceptors (Lipinski definition) is 3. The van der Waals surface area contributed by atoms with Crippen LogP contribution in [-0.2, 0) is 0 Å². The van der Waals surface area contributed by atoms with Crippen LogP contribution in [0.1, 0.15) is 22.8 Å². The lowest BCUT2D eigenvalue weighted by molar-refractivity contribution is 0.0640. The zero-order valence-corrected chi connectivity index (χ0v) is 12.0. The van der Waals surface area contributed by atoms with Crippen LogP contribution < -0.4 is 4.74 Å². The maximum Gasteiger partial charge on any atom is 0.257 e. The summed E-state index contributed by atoms with van der Waals surface area (Å²) in [6.45, 7) is 8.70. The summed E-state index contributed by atoms with van der Waals surface area (Å²) >= 11 is 0. The van der Waals surface area contributed by atoms with Crippen molar-refractivity contribution in [3.05, 3.63) is 29.3 Å². The van der Waals surface area contributed by atoms with Gasteiger partial charge in [-0.3, -0.25) is 4.79 Å². The molecule has 0 spiro atoms. The third-order valence-corrected chi connectivity index (χ3v) is 3.69. The standard InChI is InChI=1S/C15H22N2O2/c1-4-16-7-9-17(10-8-16)15(18)13-6-5-12(2)11-14(13)19-3/h5-6,11H,4,7-10H2,1-3H3. The Morgan fingerprint density at radius 3 is 2.53 bits per heavy atom. The van der Waals surface area contributed by atoms with Gasteiger partial charge in [-0.2, -0.15) is 0 Å². The van der Waals surface area contributed by atoms with Gasteiger partial charge < -0.3 is 14.5 Å². The summed E-state index contributed by atoms with van der Waals surface area (Å²) in [5.74, 6) is 0.746. The molecule has 1 fully saturated rings. The van der Waals surface area contributed by atoms with Gasteiger partial charge in [0.2, 0.25) is 0 Å². The van der Waals surface area contributed by atoms with Gasteiger partial charge in [0.05, 0.1) is 12.7 Å². The summed E-state index contributed by atoms with van der Waals surface area (Å²) in [7, 11) is 1.61. The van der Waals surface area contributed by atoms with E-state index in [9.17, 15) is 4.79 Å². The first-order valence-corrected chi connectivity index (χ1v) is 6.82.